The van der Waals surface area contributed by atoms with E-state index in [0.717, 1.165) is 5.56 Å². The van der Waals surface area contributed by atoms with Gasteiger partial charge < -0.3 is 25.2 Å². The highest BCUT2D eigenvalue weighted by Gasteiger charge is 2.37. The van der Waals surface area contributed by atoms with Crippen LogP contribution in [0, 0.1) is 0 Å². The van der Waals surface area contributed by atoms with Crippen LogP contribution in [0.5, 0.6) is 0 Å². The molecule has 0 unspecified atom stereocenters. The van der Waals surface area contributed by atoms with Gasteiger partial charge in [0.15, 0.2) is 6.29 Å². The van der Waals surface area contributed by atoms with Gasteiger partial charge in [-0.1, -0.05) is 30.3 Å². The summed E-state index contributed by atoms with van der Waals surface area (Å²) in [4.78, 5) is 0. The molecule has 18 heavy (non-hydrogen) atoms. The Morgan fingerprint density at radius 2 is 1.78 bits per heavy atom. The Balaban J connectivity index is 2.13. The summed E-state index contributed by atoms with van der Waals surface area (Å²) in [6.07, 6.45) is -3.20. The molecule has 98 valence electrons. The zero-order valence-electron chi connectivity index (χ0n) is 9.68. The van der Waals surface area contributed by atoms with Crippen LogP contribution >= 0.6 is 0 Å². The monoisotopic (exact) mass is 252 g/mol. The van der Waals surface area contributed by atoms with Gasteiger partial charge >= 0.3 is 0 Å². The standard InChI is InChI=1S/C13H16O5/c14-9(6-8-4-2-1-3-5-8)12-10(15)7-11(16)13(17)18-12/h1-6,10-17H,7H2/t10-,11+,12+,13-/m0/s1. The van der Waals surface area contributed by atoms with Crippen LogP contribution < -0.4 is 0 Å². The summed E-state index contributed by atoms with van der Waals surface area (Å²) in [5.41, 5.74) is 0.756. The van der Waals surface area contributed by atoms with Crippen LogP contribution in [0.25, 0.3) is 6.08 Å². The van der Waals surface area contributed by atoms with Gasteiger partial charge in [0.1, 0.15) is 18.0 Å². The van der Waals surface area contributed by atoms with E-state index in [1.54, 1.807) is 12.1 Å². The fraction of sp³-hybridized carbons (Fsp3) is 0.385. The van der Waals surface area contributed by atoms with Crippen molar-refractivity contribution in [1.82, 2.24) is 0 Å². The van der Waals surface area contributed by atoms with Gasteiger partial charge in [-0.25, -0.2) is 0 Å². The molecule has 0 aromatic heterocycles. The zero-order valence-corrected chi connectivity index (χ0v) is 9.68. The highest BCUT2D eigenvalue weighted by Crippen LogP contribution is 2.24. The second-order valence-electron chi connectivity index (χ2n) is 4.30. The molecule has 0 spiro atoms. The van der Waals surface area contributed by atoms with Gasteiger partial charge in [0.2, 0.25) is 0 Å². The molecule has 1 fully saturated rings. The van der Waals surface area contributed by atoms with Crippen molar-refractivity contribution in [1.29, 1.82) is 0 Å². The van der Waals surface area contributed by atoms with Crippen LogP contribution in [-0.4, -0.2) is 45.0 Å². The molecular weight excluding hydrogens is 236 g/mol. The number of aliphatic hydroxyl groups excluding tert-OH is 4. The van der Waals surface area contributed by atoms with Crippen LogP contribution in [0.15, 0.2) is 36.1 Å². The molecule has 1 aliphatic rings. The molecule has 0 aliphatic carbocycles. The Hall–Kier alpha value is -1.40. The SMILES string of the molecule is OC(=Cc1ccccc1)[C@H]1O[C@H](O)[C@H](O)C[C@@H]1O. The van der Waals surface area contributed by atoms with Gasteiger partial charge in [-0.05, 0) is 11.6 Å². The Bertz CT molecular complexity index is 417. The maximum atomic E-state index is 9.89. The van der Waals surface area contributed by atoms with E-state index in [1.807, 2.05) is 18.2 Å². The second-order valence-corrected chi connectivity index (χ2v) is 4.30. The largest absolute Gasteiger partial charge is 0.509 e. The molecule has 5 heteroatoms. The molecule has 1 aliphatic heterocycles. The van der Waals surface area contributed by atoms with Gasteiger partial charge in [0.25, 0.3) is 0 Å². The summed E-state index contributed by atoms with van der Waals surface area (Å²) in [5, 5.41) is 38.3. The first-order valence-electron chi connectivity index (χ1n) is 5.73. The summed E-state index contributed by atoms with van der Waals surface area (Å²) in [7, 11) is 0. The van der Waals surface area contributed by atoms with Gasteiger partial charge in [-0.15, -0.1) is 0 Å². The lowest BCUT2D eigenvalue weighted by molar-refractivity contribution is -0.241. The highest BCUT2D eigenvalue weighted by molar-refractivity contribution is 5.51. The van der Waals surface area contributed by atoms with Crippen molar-refractivity contribution in [3.8, 4) is 0 Å². The topological polar surface area (TPSA) is 90.2 Å². The fourth-order valence-electron chi connectivity index (χ4n) is 1.89. The first-order chi connectivity index (χ1) is 8.58. The molecule has 2 rings (SSSR count). The predicted molar refractivity (Wildman–Crippen MR) is 64.6 cm³/mol. The summed E-state index contributed by atoms with van der Waals surface area (Å²) in [6.45, 7) is 0. The molecule has 4 atom stereocenters. The van der Waals surface area contributed by atoms with E-state index in [0.29, 0.717) is 0 Å². The third-order valence-corrected chi connectivity index (χ3v) is 2.85. The fourth-order valence-corrected chi connectivity index (χ4v) is 1.89. The minimum atomic E-state index is -1.40. The lowest BCUT2D eigenvalue weighted by atomic mass is 10.00. The molecule has 0 amide bonds. The molecule has 4 N–H and O–H groups in total. The third-order valence-electron chi connectivity index (χ3n) is 2.85. The van der Waals surface area contributed by atoms with Gasteiger partial charge in [0.05, 0.1) is 6.10 Å². The van der Waals surface area contributed by atoms with E-state index >= 15 is 0 Å². The average Bonchev–Trinajstić information content (AvgIpc) is 2.35. The van der Waals surface area contributed by atoms with Crippen LogP contribution in [0.2, 0.25) is 0 Å². The van der Waals surface area contributed by atoms with E-state index < -0.39 is 24.6 Å². The quantitative estimate of drug-likeness (QED) is 0.573. The Morgan fingerprint density at radius 3 is 2.44 bits per heavy atom. The smallest absolute Gasteiger partial charge is 0.181 e. The predicted octanol–water partition coefficient (Wildman–Crippen LogP) is 0.415. The minimum Gasteiger partial charge on any atom is -0.509 e. The molecule has 1 heterocycles. The first kappa shape index (κ1) is 13.0. The van der Waals surface area contributed by atoms with Crippen molar-refractivity contribution in [2.24, 2.45) is 0 Å². The first-order valence-corrected chi connectivity index (χ1v) is 5.73. The number of rotatable bonds is 2. The van der Waals surface area contributed by atoms with Crippen molar-refractivity contribution in [3.05, 3.63) is 41.7 Å². The lowest BCUT2D eigenvalue weighted by Gasteiger charge is -2.34. The number of hydrogen-bond donors (Lipinski definition) is 4. The number of benzene rings is 1. The maximum Gasteiger partial charge on any atom is 0.181 e. The average molecular weight is 252 g/mol. The maximum absolute atomic E-state index is 9.89. The van der Waals surface area contributed by atoms with Crippen molar-refractivity contribution in [2.45, 2.75) is 31.0 Å². The highest BCUT2D eigenvalue weighted by atomic mass is 16.6. The number of aliphatic hydroxyl groups is 4. The molecule has 1 aromatic rings. The lowest BCUT2D eigenvalue weighted by Crippen LogP contribution is -2.47. The minimum absolute atomic E-state index is 0.0431. The molecule has 1 saturated heterocycles. The normalized spacial score (nSPS) is 33.4. The van der Waals surface area contributed by atoms with Crippen LogP contribution in [-0.2, 0) is 4.74 Å². The van der Waals surface area contributed by atoms with Gasteiger partial charge in [0, 0.05) is 6.42 Å². The molecule has 0 radical (unpaired) electrons. The van der Waals surface area contributed by atoms with E-state index in [4.69, 9.17) is 4.74 Å². The van der Waals surface area contributed by atoms with Crippen molar-refractivity contribution >= 4 is 6.08 Å². The summed E-state index contributed by atoms with van der Waals surface area (Å²) < 4.78 is 4.98. The molecule has 0 saturated carbocycles. The van der Waals surface area contributed by atoms with Crippen LogP contribution in [0.1, 0.15) is 12.0 Å². The zero-order chi connectivity index (χ0) is 13.1. The van der Waals surface area contributed by atoms with Gasteiger partial charge in [-0.2, -0.15) is 0 Å². The van der Waals surface area contributed by atoms with E-state index in [-0.39, 0.29) is 12.2 Å². The molecule has 0 bridgehead atoms. The summed E-state index contributed by atoms with van der Waals surface area (Å²) in [6, 6.07) is 9.06. The van der Waals surface area contributed by atoms with E-state index in [2.05, 4.69) is 0 Å². The van der Waals surface area contributed by atoms with Gasteiger partial charge in [-0.3, -0.25) is 0 Å². The number of hydrogen-bond acceptors (Lipinski definition) is 5. The van der Waals surface area contributed by atoms with Crippen molar-refractivity contribution in [3.63, 3.8) is 0 Å². The molecule has 1 aromatic carbocycles. The summed E-state index contributed by atoms with van der Waals surface area (Å²) >= 11 is 0. The van der Waals surface area contributed by atoms with Crippen molar-refractivity contribution in [2.75, 3.05) is 0 Å². The third kappa shape index (κ3) is 2.88. The number of ether oxygens (including phenoxy) is 1. The second kappa shape index (κ2) is 5.49. The van der Waals surface area contributed by atoms with Crippen molar-refractivity contribution < 1.29 is 25.2 Å². The van der Waals surface area contributed by atoms with Crippen LogP contribution in [0.3, 0.4) is 0 Å². The van der Waals surface area contributed by atoms with E-state index in [1.165, 1.54) is 6.08 Å². The molecular formula is C13H16O5. The summed E-state index contributed by atoms with van der Waals surface area (Å²) in [5.74, 6) is -0.181. The van der Waals surface area contributed by atoms with E-state index in [9.17, 15) is 20.4 Å². The Labute approximate surface area is 105 Å². The Kier molecular flexibility index (Phi) is 3.98. The molecule has 5 nitrogen and oxygen atoms in total. The Morgan fingerprint density at radius 1 is 1.11 bits per heavy atom. The van der Waals surface area contributed by atoms with Crippen LogP contribution in [0.4, 0.5) is 0 Å².